The van der Waals surface area contributed by atoms with Crippen LogP contribution >= 0.6 is 0 Å². The van der Waals surface area contributed by atoms with Crippen LogP contribution in [0.4, 0.5) is 13.2 Å². The Morgan fingerprint density at radius 3 is 2.15 bits per heavy atom. The molecule has 110 valence electrons. The van der Waals surface area contributed by atoms with Gasteiger partial charge in [-0.2, -0.15) is 13.2 Å². The minimum Gasteiger partial charge on any atom is -0.508 e. The van der Waals surface area contributed by atoms with Gasteiger partial charge in [0, 0.05) is 18.3 Å². The van der Waals surface area contributed by atoms with E-state index in [0.717, 1.165) is 12.1 Å². The summed E-state index contributed by atoms with van der Waals surface area (Å²) in [5.74, 6) is -0.292. The van der Waals surface area contributed by atoms with E-state index in [1.165, 1.54) is 26.1 Å². The largest absolute Gasteiger partial charge is 0.508 e. The topological polar surface area (TPSA) is 82.1 Å². The van der Waals surface area contributed by atoms with E-state index in [0.29, 0.717) is 5.56 Å². The number of nitrogens with one attached hydrogen (secondary N) is 2. The van der Waals surface area contributed by atoms with Crippen LogP contribution in [0.25, 0.3) is 5.70 Å². The Morgan fingerprint density at radius 2 is 1.80 bits per heavy atom. The molecule has 20 heavy (non-hydrogen) atoms. The van der Waals surface area contributed by atoms with Crippen LogP contribution in [0.1, 0.15) is 18.1 Å². The van der Waals surface area contributed by atoms with Gasteiger partial charge < -0.3 is 21.6 Å². The monoisotopic (exact) mass is 287 g/mol. The van der Waals surface area contributed by atoms with Crippen LogP contribution in [-0.2, 0) is 6.18 Å². The van der Waals surface area contributed by atoms with E-state index < -0.39 is 17.8 Å². The number of hydrogen-bond acceptors (Lipinski definition) is 4. The molecule has 1 aromatic carbocycles. The molecule has 0 saturated heterocycles. The fourth-order valence-corrected chi connectivity index (χ4v) is 1.61. The number of aliphatic hydroxyl groups is 1. The second-order valence-electron chi connectivity index (χ2n) is 4.25. The van der Waals surface area contributed by atoms with Crippen LogP contribution in [0, 0.1) is 5.41 Å². The van der Waals surface area contributed by atoms with Crippen molar-refractivity contribution in [2.45, 2.75) is 19.1 Å². The minimum atomic E-state index is -4.41. The van der Waals surface area contributed by atoms with Gasteiger partial charge in [-0.15, -0.1) is 0 Å². The van der Waals surface area contributed by atoms with E-state index in [4.69, 9.17) is 11.1 Å². The summed E-state index contributed by atoms with van der Waals surface area (Å²) >= 11 is 0. The zero-order chi connectivity index (χ0) is 15.5. The highest BCUT2D eigenvalue weighted by molar-refractivity contribution is 5.88. The van der Waals surface area contributed by atoms with E-state index >= 15 is 0 Å². The number of halogens is 3. The van der Waals surface area contributed by atoms with Crippen molar-refractivity contribution in [3.63, 3.8) is 0 Å². The van der Waals surface area contributed by atoms with Gasteiger partial charge in [-0.05, 0) is 19.1 Å². The number of aliphatic hydroxyl groups excluding tert-OH is 1. The average Bonchev–Trinajstić information content (AvgIpc) is 2.38. The first-order chi connectivity index (χ1) is 9.18. The van der Waals surface area contributed by atoms with Gasteiger partial charge in [0.25, 0.3) is 0 Å². The van der Waals surface area contributed by atoms with Crippen molar-refractivity contribution in [2.75, 3.05) is 7.05 Å². The fraction of sp³-hybridized carbons (Fsp3) is 0.308. The number of hydrogen-bond donors (Lipinski definition) is 4. The molecule has 0 aromatic heterocycles. The second-order valence-corrected chi connectivity index (χ2v) is 4.25. The molecule has 0 saturated carbocycles. The maximum atomic E-state index is 12.5. The highest BCUT2D eigenvalue weighted by Gasteiger charge is 2.30. The van der Waals surface area contributed by atoms with E-state index in [-0.39, 0.29) is 17.2 Å². The van der Waals surface area contributed by atoms with Crippen LogP contribution in [0.15, 0.2) is 30.0 Å². The smallest absolute Gasteiger partial charge is 0.416 e. The van der Waals surface area contributed by atoms with Crippen molar-refractivity contribution < 1.29 is 18.3 Å². The molecule has 1 atom stereocenters. The van der Waals surface area contributed by atoms with Crippen molar-refractivity contribution in [1.82, 2.24) is 5.32 Å². The quantitative estimate of drug-likeness (QED) is 0.507. The van der Waals surface area contributed by atoms with Gasteiger partial charge in [-0.1, -0.05) is 12.1 Å². The van der Waals surface area contributed by atoms with Crippen molar-refractivity contribution in [2.24, 2.45) is 5.73 Å². The molecule has 0 heterocycles. The summed E-state index contributed by atoms with van der Waals surface area (Å²) in [6.07, 6.45) is -4.41. The van der Waals surface area contributed by atoms with Gasteiger partial charge in [0.15, 0.2) is 0 Å². The number of alkyl halides is 3. The lowest BCUT2D eigenvalue weighted by molar-refractivity contribution is -0.137. The standard InChI is InChI=1S/C13H16F3N3O/c1-7(17)10(18)12(20)11(19-2)8-3-5-9(6-4-8)13(14,15)16/h3-6,10,17,19-20H,18H2,1-2H3. The first-order valence-corrected chi connectivity index (χ1v) is 5.77. The predicted molar refractivity (Wildman–Crippen MR) is 71.4 cm³/mol. The number of benzene rings is 1. The van der Waals surface area contributed by atoms with Crippen LogP contribution in [0.2, 0.25) is 0 Å². The highest BCUT2D eigenvalue weighted by Crippen LogP contribution is 2.30. The van der Waals surface area contributed by atoms with Crippen LogP contribution < -0.4 is 11.1 Å². The minimum absolute atomic E-state index is 0.0437. The van der Waals surface area contributed by atoms with Crippen molar-refractivity contribution in [3.8, 4) is 0 Å². The lowest BCUT2D eigenvalue weighted by Gasteiger charge is -2.16. The molecule has 5 N–H and O–H groups in total. The molecule has 0 aliphatic heterocycles. The summed E-state index contributed by atoms with van der Waals surface area (Å²) in [5, 5.41) is 20.0. The van der Waals surface area contributed by atoms with Gasteiger partial charge in [0.2, 0.25) is 0 Å². The van der Waals surface area contributed by atoms with Crippen LogP contribution in [0.3, 0.4) is 0 Å². The third kappa shape index (κ3) is 3.51. The molecule has 4 nitrogen and oxygen atoms in total. The predicted octanol–water partition coefficient (Wildman–Crippen LogP) is 2.52. The van der Waals surface area contributed by atoms with Crippen molar-refractivity contribution in [1.29, 1.82) is 5.41 Å². The first kappa shape index (κ1) is 16.0. The zero-order valence-electron chi connectivity index (χ0n) is 11.0. The SMILES string of the molecule is CNC(=C(O)C(N)C(C)=N)c1ccc(C(F)(F)F)cc1. The summed E-state index contributed by atoms with van der Waals surface area (Å²) < 4.78 is 37.4. The molecule has 1 rings (SSSR count). The summed E-state index contributed by atoms with van der Waals surface area (Å²) in [6.45, 7) is 1.43. The van der Waals surface area contributed by atoms with Gasteiger partial charge in [-0.25, -0.2) is 0 Å². The normalized spacial score (nSPS) is 14.5. The number of rotatable bonds is 4. The Kier molecular flexibility index (Phi) is 4.78. The lowest BCUT2D eigenvalue weighted by atomic mass is 10.0. The second kappa shape index (κ2) is 5.96. The molecule has 7 heteroatoms. The Labute approximate surface area is 114 Å². The maximum Gasteiger partial charge on any atom is 0.416 e. The number of nitrogens with two attached hydrogens (primary N) is 1. The molecule has 0 fully saturated rings. The molecule has 0 spiro atoms. The van der Waals surface area contributed by atoms with E-state index in [1.807, 2.05) is 0 Å². The average molecular weight is 287 g/mol. The lowest BCUT2D eigenvalue weighted by Crippen LogP contribution is -2.32. The molecular weight excluding hydrogens is 271 g/mol. The molecule has 1 unspecified atom stereocenters. The summed E-state index contributed by atoms with van der Waals surface area (Å²) in [7, 11) is 1.51. The third-order valence-electron chi connectivity index (χ3n) is 2.77. The summed E-state index contributed by atoms with van der Waals surface area (Å²) in [4.78, 5) is 0. The van der Waals surface area contributed by atoms with E-state index in [1.54, 1.807) is 0 Å². The van der Waals surface area contributed by atoms with Gasteiger partial charge >= 0.3 is 6.18 Å². The molecule has 0 aliphatic rings. The Morgan fingerprint density at radius 1 is 1.30 bits per heavy atom. The molecule has 0 aliphatic carbocycles. The molecule has 0 bridgehead atoms. The molecule has 0 amide bonds. The highest BCUT2D eigenvalue weighted by atomic mass is 19.4. The summed E-state index contributed by atoms with van der Waals surface area (Å²) in [5.41, 5.74) is 5.44. The molecular formula is C13H16F3N3O. The molecule has 1 aromatic rings. The van der Waals surface area contributed by atoms with Gasteiger partial charge in [0.05, 0.1) is 11.3 Å². The third-order valence-corrected chi connectivity index (χ3v) is 2.77. The van der Waals surface area contributed by atoms with Crippen LogP contribution in [-0.4, -0.2) is 23.9 Å². The zero-order valence-corrected chi connectivity index (χ0v) is 11.0. The van der Waals surface area contributed by atoms with Crippen molar-refractivity contribution >= 4 is 11.4 Å². The van der Waals surface area contributed by atoms with E-state index in [9.17, 15) is 18.3 Å². The van der Waals surface area contributed by atoms with Gasteiger partial charge in [-0.3, -0.25) is 0 Å². The first-order valence-electron chi connectivity index (χ1n) is 5.77. The van der Waals surface area contributed by atoms with Crippen molar-refractivity contribution in [3.05, 3.63) is 41.2 Å². The Hall–Kier alpha value is -2.02. The summed E-state index contributed by atoms with van der Waals surface area (Å²) in [6, 6.07) is 3.30. The molecule has 0 radical (unpaired) electrons. The Balaban J connectivity index is 3.20. The van der Waals surface area contributed by atoms with E-state index in [2.05, 4.69) is 5.32 Å². The fourth-order valence-electron chi connectivity index (χ4n) is 1.61. The maximum absolute atomic E-state index is 12.5. The van der Waals surface area contributed by atoms with Gasteiger partial charge in [0.1, 0.15) is 11.8 Å². The van der Waals surface area contributed by atoms with Crippen LogP contribution in [0.5, 0.6) is 0 Å². The Bertz CT molecular complexity index is 521.